The summed E-state index contributed by atoms with van der Waals surface area (Å²) in [6, 6.07) is 12.4. The van der Waals surface area contributed by atoms with Crippen molar-refractivity contribution in [3.8, 4) is 0 Å². The zero-order valence-corrected chi connectivity index (χ0v) is 10.1. The van der Waals surface area contributed by atoms with Crippen LogP contribution < -0.4 is 10.6 Å². The fraction of sp³-hybridized carbons (Fsp3) is 0.357. The van der Waals surface area contributed by atoms with Gasteiger partial charge < -0.3 is 10.6 Å². The second-order valence-corrected chi connectivity index (χ2v) is 4.93. The lowest BCUT2D eigenvalue weighted by Gasteiger charge is -2.48. The molecule has 2 aromatic rings. The Hall–Kier alpha value is -1.61. The molecule has 0 spiro atoms. The number of hydrogen-bond acceptors (Lipinski definition) is 3. The van der Waals surface area contributed by atoms with Crippen molar-refractivity contribution < 1.29 is 0 Å². The van der Waals surface area contributed by atoms with Gasteiger partial charge in [0.1, 0.15) is 5.82 Å². The van der Waals surface area contributed by atoms with Gasteiger partial charge in [-0.2, -0.15) is 0 Å². The van der Waals surface area contributed by atoms with Gasteiger partial charge in [0.05, 0.1) is 11.1 Å². The lowest BCUT2D eigenvalue weighted by Crippen LogP contribution is -2.67. The van der Waals surface area contributed by atoms with Crippen LogP contribution in [-0.2, 0) is 0 Å². The monoisotopic (exact) mass is 227 g/mol. The van der Waals surface area contributed by atoms with Crippen LogP contribution in [0.4, 0.5) is 5.82 Å². The highest BCUT2D eigenvalue weighted by molar-refractivity contribution is 5.80. The summed E-state index contributed by atoms with van der Waals surface area (Å²) >= 11 is 0. The number of aromatic nitrogens is 1. The molecule has 1 aliphatic rings. The molecular weight excluding hydrogens is 210 g/mol. The minimum Gasteiger partial charge on any atom is -0.353 e. The number of rotatable bonds is 2. The first-order chi connectivity index (χ1) is 8.20. The summed E-state index contributed by atoms with van der Waals surface area (Å²) in [6.07, 6.45) is 1.02. The van der Waals surface area contributed by atoms with Crippen molar-refractivity contribution in [1.29, 1.82) is 0 Å². The Kier molecular flexibility index (Phi) is 2.30. The SMILES string of the molecule is CCC1(N)CN(c2ccc3ccccc3n2)C1. The van der Waals surface area contributed by atoms with Gasteiger partial charge in [-0.1, -0.05) is 25.1 Å². The second-order valence-electron chi connectivity index (χ2n) is 4.93. The number of fused-ring (bicyclic) bond motifs is 1. The van der Waals surface area contributed by atoms with Crippen LogP contribution in [0.5, 0.6) is 0 Å². The predicted octanol–water partition coefficient (Wildman–Crippen LogP) is 2.16. The van der Waals surface area contributed by atoms with E-state index in [-0.39, 0.29) is 5.54 Å². The molecule has 3 rings (SSSR count). The van der Waals surface area contributed by atoms with Crippen molar-refractivity contribution in [1.82, 2.24) is 4.98 Å². The number of para-hydroxylation sites is 1. The van der Waals surface area contributed by atoms with Crippen LogP contribution in [0.1, 0.15) is 13.3 Å². The van der Waals surface area contributed by atoms with Crippen molar-refractivity contribution in [3.63, 3.8) is 0 Å². The van der Waals surface area contributed by atoms with E-state index in [1.54, 1.807) is 0 Å². The minimum atomic E-state index is -0.00662. The standard InChI is InChI=1S/C14H17N3/c1-2-14(15)9-17(10-14)13-8-7-11-5-3-4-6-12(11)16-13/h3-8H,2,9-10,15H2,1H3. The second kappa shape index (κ2) is 3.70. The highest BCUT2D eigenvalue weighted by atomic mass is 15.3. The molecule has 0 amide bonds. The summed E-state index contributed by atoms with van der Waals surface area (Å²) in [7, 11) is 0. The third-order valence-electron chi connectivity index (χ3n) is 3.62. The maximum Gasteiger partial charge on any atom is 0.129 e. The number of pyridine rings is 1. The van der Waals surface area contributed by atoms with Gasteiger partial charge >= 0.3 is 0 Å². The average Bonchev–Trinajstić information content (AvgIpc) is 2.34. The first kappa shape index (κ1) is 10.5. The summed E-state index contributed by atoms with van der Waals surface area (Å²) < 4.78 is 0. The van der Waals surface area contributed by atoms with Crippen LogP contribution in [-0.4, -0.2) is 23.6 Å². The van der Waals surface area contributed by atoms with Crippen molar-refractivity contribution in [3.05, 3.63) is 36.4 Å². The van der Waals surface area contributed by atoms with Gasteiger partial charge in [-0.3, -0.25) is 0 Å². The van der Waals surface area contributed by atoms with Crippen molar-refractivity contribution >= 4 is 16.7 Å². The van der Waals surface area contributed by atoms with Crippen molar-refractivity contribution in [2.45, 2.75) is 18.9 Å². The van der Waals surface area contributed by atoms with E-state index in [0.29, 0.717) is 0 Å². The molecule has 1 saturated heterocycles. The van der Waals surface area contributed by atoms with E-state index in [9.17, 15) is 0 Å². The van der Waals surface area contributed by atoms with Crippen LogP contribution in [0.15, 0.2) is 36.4 Å². The number of benzene rings is 1. The lowest BCUT2D eigenvalue weighted by atomic mass is 9.88. The predicted molar refractivity (Wildman–Crippen MR) is 71.2 cm³/mol. The lowest BCUT2D eigenvalue weighted by molar-refractivity contribution is 0.320. The van der Waals surface area contributed by atoms with E-state index in [0.717, 1.165) is 30.8 Å². The smallest absolute Gasteiger partial charge is 0.129 e. The van der Waals surface area contributed by atoms with Crippen LogP contribution in [0.3, 0.4) is 0 Å². The third kappa shape index (κ3) is 1.76. The Morgan fingerprint density at radius 2 is 2.00 bits per heavy atom. The Morgan fingerprint density at radius 1 is 1.24 bits per heavy atom. The molecule has 1 aromatic heterocycles. The maximum absolute atomic E-state index is 6.17. The van der Waals surface area contributed by atoms with Gasteiger partial charge in [-0.15, -0.1) is 0 Å². The molecule has 3 heteroatoms. The molecule has 2 N–H and O–H groups in total. The molecule has 3 nitrogen and oxygen atoms in total. The largest absolute Gasteiger partial charge is 0.353 e. The van der Waals surface area contributed by atoms with Crippen molar-refractivity contribution in [2.75, 3.05) is 18.0 Å². The summed E-state index contributed by atoms with van der Waals surface area (Å²) in [5.74, 6) is 1.04. The summed E-state index contributed by atoms with van der Waals surface area (Å²) in [6.45, 7) is 3.97. The molecule has 0 bridgehead atoms. The molecule has 0 aliphatic carbocycles. The number of nitrogens with two attached hydrogens (primary N) is 1. The van der Waals surface area contributed by atoms with Gasteiger partial charge in [-0.05, 0) is 24.6 Å². The van der Waals surface area contributed by atoms with Crippen LogP contribution in [0.25, 0.3) is 10.9 Å². The van der Waals surface area contributed by atoms with Crippen molar-refractivity contribution in [2.24, 2.45) is 5.73 Å². The van der Waals surface area contributed by atoms with E-state index in [1.165, 1.54) is 5.39 Å². The average molecular weight is 227 g/mol. The third-order valence-corrected chi connectivity index (χ3v) is 3.62. The Labute approximate surface area is 101 Å². The zero-order chi connectivity index (χ0) is 11.9. The van der Waals surface area contributed by atoms with Gasteiger partial charge in [-0.25, -0.2) is 4.98 Å². The van der Waals surface area contributed by atoms with E-state index < -0.39 is 0 Å². The fourth-order valence-electron chi connectivity index (χ4n) is 2.33. The van der Waals surface area contributed by atoms with E-state index >= 15 is 0 Å². The van der Waals surface area contributed by atoms with Gasteiger partial charge in [0.25, 0.3) is 0 Å². The molecule has 1 fully saturated rings. The molecule has 0 unspecified atom stereocenters. The normalized spacial score (nSPS) is 18.1. The molecule has 0 radical (unpaired) electrons. The topological polar surface area (TPSA) is 42.1 Å². The molecular formula is C14H17N3. The van der Waals surface area contributed by atoms with Crippen LogP contribution in [0, 0.1) is 0 Å². The van der Waals surface area contributed by atoms with Gasteiger partial charge in [0.2, 0.25) is 0 Å². The van der Waals surface area contributed by atoms with E-state index in [4.69, 9.17) is 5.73 Å². The fourth-order valence-corrected chi connectivity index (χ4v) is 2.33. The quantitative estimate of drug-likeness (QED) is 0.855. The molecule has 17 heavy (non-hydrogen) atoms. The minimum absolute atomic E-state index is 0.00662. The summed E-state index contributed by atoms with van der Waals surface area (Å²) in [4.78, 5) is 6.91. The molecule has 1 aliphatic heterocycles. The van der Waals surface area contributed by atoms with Crippen LogP contribution >= 0.6 is 0 Å². The van der Waals surface area contributed by atoms with E-state index in [1.807, 2.05) is 18.2 Å². The molecule has 0 atom stereocenters. The number of anilines is 1. The summed E-state index contributed by atoms with van der Waals surface area (Å²) in [5.41, 5.74) is 7.22. The Balaban J connectivity index is 1.88. The Bertz CT molecular complexity index is 544. The highest BCUT2D eigenvalue weighted by Crippen LogP contribution is 2.27. The zero-order valence-electron chi connectivity index (χ0n) is 10.1. The first-order valence-corrected chi connectivity index (χ1v) is 6.10. The van der Waals surface area contributed by atoms with E-state index in [2.05, 4.69) is 35.0 Å². The molecule has 1 aromatic carbocycles. The molecule has 0 saturated carbocycles. The van der Waals surface area contributed by atoms with Gasteiger partial charge in [0, 0.05) is 18.5 Å². The number of hydrogen-bond donors (Lipinski definition) is 1. The first-order valence-electron chi connectivity index (χ1n) is 6.10. The highest BCUT2D eigenvalue weighted by Gasteiger charge is 2.38. The van der Waals surface area contributed by atoms with Gasteiger partial charge in [0.15, 0.2) is 0 Å². The molecule has 2 heterocycles. The Morgan fingerprint density at radius 3 is 2.76 bits per heavy atom. The maximum atomic E-state index is 6.17. The summed E-state index contributed by atoms with van der Waals surface area (Å²) in [5, 5.41) is 1.19. The molecule has 88 valence electrons. The van der Waals surface area contributed by atoms with Crippen LogP contribution in [0.2, 0.25) is 0 Å². The number of nitrogens with zero attached hydrogens (tertiary/aromatic N) is 2.